The molecule has 5 N–H and O–H groups in total. The van der Waals surface area contributed by atoms with E-state index in [1.54, 1.807) is 46.3 Å². The van der Waals surface area contributed by atoms with E-state index in [2.05, 4.69) is 38.5 Å². The van der Waals surface area contributed by atoms with Gasteiger partial charge in [-0.2, -0.15) is 0 Å². The van der Waals surface area contributed by atoms with Crippen LogP contribution in [0, 0.1) is 17.8 Å². The number of hydrogen-bond donors (Lipinski definition) is 4. The molecular weight excluding hydrogens is 749 g/mol. The van der Waals surface area contributed by atoms with Crippen LogP contribution in [0.1, 0.15) is 68.6 Å². The number of aromatic nitrogens is 2. The lowest BCUT2D eigenvalue weighted by atomic mass is 9.96. The first-order valence-electron chi connectivity index (χ1n) is 19.7. The van der Waals surface area contributed by atoms with Crippen LogP contribution in [-0.2, 0) is 19.1 Å². The van der Waals surface area contributed by atoms with Gasteiger partial charge >= 0.3 is 12.2 Å². The second-order valence-corrected chi connectivity index (χ2v) is 14.7. The van der Waals surface area contributed by atoms with Gasteiger partial charge in [0.1, 0.15) is 23.7 Å². The maximum atomic E-state index is 13.8. The molecule has 14 heteroatoms. The number of imidazole rings is 1. The molecule has 1 unspecified atom stereocenters. The third-order valence-corrected chi connectivity index (χ3v) is 10.5. The molecule has 2 fully saturated rings. The van der Waals surface area contributed by atoms with Crippen molar-refractivity contribution in [1.82, 2.24) is 30.4 Å². The van der Waals surface area contributed by atoms with Crippen LogP contribution in [0.5, 0.6) is 0 Å². The number of benzene rings is 3. The van der Waals surface area contributed by atoms with Gasteiger partial charge in [0.15, 0.2) is 0 Å². The van der Waals surface area contributed by atoms with Crippen molar-refractivity contribution in [1.29, 1.82) is 0 Å². The summed E-state index contributed by atoms with van der Waals surface area (Å²) in [4.78, 5) is 67.6. The number of H-pyrrole nitrogens is 1. The molecule has 4 amide bonds. The summed E-state index contributed by atoms with van der Waals surface area (Å²) in [5.41, 5.74) is 11.5. The van der Waals surface area contributed by atoms with E-state index in [0.717, 1.165) is 47.2 Å². The van der Waals surface area contributed by atoms with Crippen LogP contribution < -0.4 is 16.4 Å². The lowest BCUT2D eigenvalue weighted by Gasteiger charge is -2.30. The molecule has 2 aliphatic heterocycles. The summed E-state index contributed by atoms with van der Waals surface area (Å²) in [6.45, 7) is 4.81. The Hall–Kier alpha value is -6.88. The number of carbonyl (C=O) groups excluding carboxylic acids is 4. The summed E-state index contributed by atoms with van der Waals surface area (Å²) in [7, 11) is 2.53. The lowest BCUT2D eigenvalue weighted by Crippen LogP contribution is -2.51. The fourth-order valence-corrected chi connectivity index (χ4v) is 7.50. The highest BCUT2D eigenvalue weighted by Crippen LogP contribution is 2.34. The Kier molecular flexibility index (Phi) is 13.8. The van der Waals surface area contributed by atoms with Crippen LogP contribution >= 0.6 is 0 Å². The number of rotatable bonds is 11. The maximum Gasteiger partial charge on any atom is 0.407 e. The number of aromatic amines is 1. The second-order valence-electron chi connectivity index (χ2n) is 14.7. The largest absolute Gasteiger partial charge is 0.453 e. The van der Waals surface area contributed by atoms with Gasteiger partial charge in [0, 0.05) is 36.5 Å². The molecule has 0 bridgehead atoms. The van der Waals surface area contributed by atoms with Gasteiger partial charge in [-0.05, 0) is 60.4 Å². The number of nitrogens with one attached hydrogen (secondary N) is 3. The van der Waals surface area contributed by atoms with Gasteiger partial charge in [0.05, 0.1) is 38.2 Å². The molecule has 4 atom stereocenters. The number of amidine groups is 1. The Morgan fingerprint density at radius 3 is 2.27 bits per heavy atom. The average molecular weight is 799 g/mol. The smallest absolute Gasteiger partial charge is 0.407 e. The summed E-state index contributed by atoms with van der Waals surface area (Å²) >= 11 is 0. The van der Waals surface area contributed by atoms with E-state index in [4.69, 9.17) is 20.2 Å². The van der Waals surface area contributed by atoms with Crippen molar-refractivity contribution in [2.45, 2.75) is 63.7 Å². The Morgan fingerprint density at radius 2 is 1.56 bits per heavy atom. The third-order valence-electron chi connectivity index (χ3n) is 10.5. The van der Waals surface area contributed by atoms with Gasteiger partial charge in [-0.3, -0.25) is 9.59 Å². The number of nitrogens with two attached hydrogens (primary N) is 1. The van der Waals surface area contributed by atoms with Crippen molar-refractivity contribution in [2.75, 3.05) is 27.3 Å². The van der Waals surface area contributed by atoms with Crippen molar-refractivity contribution < 1.29 is 28.7 Å². The minimum Gasteiger partial charge on any atom is -0.453 e. The predicted molar refractivity (Wildman–Crippen MR) is 224 cm³/mol. The Labute approximate surface area is 344 Å². The molecule has 1 aromatic heterocycles. The Bertz CT molecular complexity index is 2240. The van der Waals surface area contributed by atoms with Crippen LogP contribution in [0.3, 0.4) is 0 Å². The summed E-state index contributed by atoms with van der Waals surface area (Å²) in [6.07, 6.45) is 6.50. The van der Waals surface area contributed by atoms with Crippen LogP contribution in [0.25, 0.3) is 22.4 Å². The zero-order valence-electron chi connectivity index (χ0n) is 33.7. The number of likely N-dealkylation sites (tertiary alicyclic amines) is 2. The highest BCUT2D eigenvalue weighted by molar-refractivity contribution is 5.94. The van der Waals surface area contributed by atoms with Gasteiger partial charge in [-0.25, -0.2) is 19.6 Å². The number of carbonyl (C=O) groups is 4. The average Bonchev–Trinajstić information content (AvgIpc) is 4.06. The van der Waals surface area contributed by atoms with E-state index in [9.17, 15) is 19.2 Å². The highest BCUT2D eigenvalue weighted by atomic mass is 16.5. The number of amides is 4. The van der Waals surface area contributed by atoms with E-state index >= 15 is 0 Å². The van der Waals surface area contributed by atoms with Crippen molar-refractivity contribution >= 4 is 29.8 Å². The van der Waals surface area contributed by atoms with Crippen LogP contribution in [-0.4, -0.2) is 89.0 Å². The molecule has 4 aromatic rings. The molecular formula is C45H50N8O6. The molecule has 0 saturated carbocycles. The van der Waals surface area contributed by atoms with E-state index in [1.165, 1.54) is 20.4 Å². The molecule has 0 radical (unpaired) electrons. The highest BCUT2D eigenvalue weighted by Gasteiger charge is 2.38. The zero-order chi connectivity index (χ0) is 41.9. The second kappa shape index (κ2) is 19.5. The van der Waals surface area contributed by atoms with Crippen LogP contribution in [0.15, 0.2) is 102 Å². The lowest BCUT2D eigenvalue weighted by molar-refractivity contribution is -0.135. The third kappa shape index (κ3) is 9.99. The fraction of sp³-hybridized carbons (Fsp3) is 0.333. The Morgan fingerprint density at radius 1 is 0.881 bits per heavy atom. The molecule has 3 heterocycles. The number of methoxy groups -OCH3 is 2. The van der Waals surface area contributed by atoms with Crippen LogP contribution in [0.4, 0.5) is 9.59 Å². The van der Waals surface area contributed by atoms with E-state index in [0.29, 0.717) is 30.9 Å². The molecule has 0 aliphatic carbocycles. The molecule has 14 nitrogen and oxygen atoms in total. The van der Waals surface area contributed by atoms with Crippen LogP contribution in [0.2, 0.25) is 0 Å². The van der Waals surface area contributed by atoms with E-state index in [-0.39, 0.29) is 29.6 Å². The summed E-state index contributed by atoms with van der Waals surface area (Å²) in [6, 6.07) is 22.6. The number of allylic oxidation sites excluding steroid dienone is 1. The van der Waals surface area contributed by atoms with E-state index < -0.39 is 30.3 Å². The molecule has 306 valence electrons. The monoisotopic (exact) mass is 798 g/mol. The number of hydrogen-bond acceptors (Lipinski definition) is 8. The molecule has 0 spiro atoms. The minimum atomic E-state index is -0.937. The molecule has 59 heavy (non-hydrogen) atoms. The number of nitrogens with zero attached hydrogens (tertiary/aromatic N) is 4. The van der Waals surface area contributed by atoms with Crippen molar-refractivity contribution in [2.24, 2.45) is 16.6 Å². The van der Waals surface area contributed by atoms with Gasteiger partial charge in [0.25, 0.3) is 5.91 Å². The molecule has 6 rings (SSSR count). The van der Waals surface area contributed by atoms with E-state index in [1.807, 2.05) is 62.4 Å². The number of alkyl carbamates (subject to hydrolysis) is 2. The summed E-state index contributed by atoms with van der Waals surface area (Å²) < 4.78 is 9.56. The first-order chi connectivity index (χ1) is 28.6. The normalized spacial score (nSPS) is 17.6. The molecule has 3 aromatic carbocycles. The van der Waals surface area contributed by atoms with Crippen molar-refractivity contribution in [3.63, 3.8) is 0 Å². The molecule has 2 aliphatic rings. The number of ether oxygens (including phenoxy) is 2. The standard InChI is InChI=1S/C45H50N8O6/c1-29(2)38(50-44(56)58-3)42(54)53-26-14-21-37(53)41-48-28-35(49-41)33-23-22-31(34(27-33)30-15-7-5-8-16-30)17-11-12-24-47-40(46)36-20-13-25-52(36)43(55)39(51-45(57)59-4)32-18-9-6-10-19-32/h5-10,12,15-16,18-19,22-24,27-29,36-39H,13-14,20-21,25-26H2,1-4H3,(H2,46,47)(H,48,49)(H,50,56)(H,51,57)/b24-12+/t36-,37-,38?,39-/m0/s1. The number of aliphatic imine (C=N–C) groups is 1. The summed E-state index contributed by atoms with van der Waals surface area (Å²) in [5.74, 6) is 6.69. The Balaban J connectivity index is 1.18. The van der Waals surface area contributed by atoms with Gasteiger partial charge in [0.2, 0.25) is 5.91 Å². The summed E-state index contributed by atoms with van der Waals surface area (Å²) in [5, 5.41) is 5.35. The van der Waals surface area contributed by atoms with Crippen molar-refractivity contribution in [3.05, 3.63) is 114 Å². The maximum absolute atomic E-state index is 13.8. The van der Waals surface area contributed by atoms with Crippen molar-refractivity contribution in [3.8, 4) is 34.2 Å². The predicted octanol–water partition coefficient (Wildman–Crippen LogP) is 6.10. The zero-order valence-corrected chi connectivity index (χ0v) is 33.7. The minimum absolute atomic E-state index is 0.132. The SMILES string of the molecule is COC(=O)NC(C(=O)N1CCC[C@H]1c1ncc(-c2ccc(C#C/C=C/N=C(N)[C@@H]3CCCN3C(=O)[C@@H](NC(=O)OC)c3ccccc3)c(-c3ccccc3)c2)[nH]1)C(C)C. The van der Waals surface area contributed by atoms with Gasteiger partial charge in [-0.15, -0.1) is 0 Å². The quantitative estimate of drug-likeness (QED) is 0.0797. The van der Waals surface area contributed by atoms with Gasteiger partial charge in [-0.1, -0.05) is 92.4 Å². The fourth-order valence-electron chi connectivity index (χ4n) is 7.50. The first-order valence-corrected chi connectivity index (χ1v) is 19.7. The first kappa shape index (κ1) is 41.7. The van der Waals surface area contributed by atoms with Gasteiger partial charge < -0.3 is 40.6 Å². The topological polar surface area (TPSA) is 184 Å². The molecule has 2 saturated heterocycles.